The Morgan fingerprint density at radius 2 is 1.06 bits per heavy atom. The molecule has 10 aromatic rings. The predicted octanol–water partition coefficient (Wildman–Crippen LogP) is 14.4. The first-order valence-corrected chi connectivity index (χ1v) is 20.8. The van der Waals surface area contributed by atoms with E-state index in [0.29, 0.717) is 38.9 Å². The smallest absolute Gasteiger partial charge is 0.174 e. The van der Waals surface area contributed by atoms with Gasteiger partial charge in [-0.3, -0.25) is 15.0 Å². The summed E-state index contributed by atoms with van der Waals surface area (Å²) in [5.74, 6) is -0.714. The first kappa shape index (κ1) is 25.1. The number of aryl methyl sites for hydroxylation is 8. The molecule has 0 fully saturated rings. The van der Waals surface area contributed by atoms with E-state index in [1.54, 1.807) is 72.8 Å². The summed E-state index contributed by atoms with van der Waals surface area (Å²) >= 11 is 0. The lowest BCUT2D eigenvalue weighted by atomic mass is 9.94. The van der Waals surface area contributed by atoms with Crippen LogP contribution in [0.2, 0.25) is 0 Å². The van der Waals surface area contributed by atoms with E-state index >= 15 is 4.39 Å². The molecule has 0 radical (unpaired) electrons. The van der Waals surface area contributed by atoms with Gasteiger partial charge in [0.1, 0.15) is 5.58 Å². The Hall–Kier alpha value is -7.50. The zero-order valence-corrected chi connectivity index (χ0v) is 34.4. The Bertz CT molecular complexity index is 4140. The quantitative estimate of drug-likeness (QED) is 0.116. The van der Waals surface area contributed by atoms with Crippen molar-refractivity contribution in [3.8, 4) is 44.9 Å². The summed E-state index contributed by atoms with van der Waals surface area (Å²) in [6.45, 7) is 0. The van der Waals surface area contributed by atoms with Gasteiger partial charge < -0.3 is 4.42 Å². The fraction of sp³-hybridized carbons (Fsp3) is 0.150. The highest BCUT2D eigenvalue weighted by molar-refractivity contribution is 6.10. The Morgan fingerprint density at radius 1 is 0.477 bits per heavy atom. The molecule has 4 aromatic heterocycles. The molecule has 0 bridgehead atoms. The lowest BCUT2D eigenvalue weighted by molar-refractivity contribution is 0.587. The SMILES string of the molecule is [2H]c1cc2c(oc3c(-c4ccc(C([2H])C([2H])([2H])c5cc(C([2H])([2H])C([2H])([2H])c6ccc(-c7ccccc7)nc6)cc(C([2H])([2H])C([2H])([2H])c6ccc(-c7ccc8c(c7)C([2H])([2H])C([2H])([2H])C8([2H])[2H])nc6)c5)cn4)cccc32)c(F)c1-c1ccccc1. The monoisotopic (exact) mass is 863 g/mol. The van der Waals surface area contributed by atoms with Crippen molar-refractivity contribution in [2.45, 2.75) is 57.4 Å². The van der Waals surface area contributed by atoms with Crippen molar-refractivity contribution in [3.63, 3.8) is 0 Å². The minimum absolute atomic E-state index is 0.00393. The van der Waals surface area contributed by atoms with E-state index in [-0.39, 0.29) is 61.8 Å². The summed E-state index contributed by atoms with van der Waals surface area (Å²) in [6.07, 6.45) is -21.9. The van der Waals surface area contributed by atoms with E-state index in [1.165, 1.54) is 73.1 Å². The number of rotatable bonds is 13. The van der Waals surface area contributed by atoms with E-state index < -0.39 is 79.9 Å². The molecular weight excluding hydrogens is 798 g/mol. The number of hydrogen-bond acceptors (Lipinski definition) is 4. The van der Waals surface area contributed by atoms with E-state index in [4.69, 9.17) is 14.0 Å². The van der Waals surface area contributed by atoms with Crippen molar-refractivity contribution in [1.82, 2.24) is 15.0 Å². The molecule has 0 saturated carbocycles. The summed E-state index contributed by atoms with van der Waals surface area (Å²) in [6, 6.07) is 39.5. The van der Waals surface area contributed by atoms with Crippen LogP contribution in [0.4, 0.5) is 4.39 Å². The molecule has 0 amide bonds. The molecule has 4 heterocycles. The second-order valence-electron chi connectivity index (χ2n) is 15.3. The fourth-order valence-electron chi connectivity index (χ4n) is 7.71. The molecular formula is C60H48FN3O. The highest BCUT2D eigenvalue weighted by Gasteiger charge is 2.19. The number of hydrogen-bond donors (Lipinski definition) is 0. The van der Waals surface area contributed by atoms with Crippen LogP contribution >= 0.6 is 0 Å². The molecule has 6 aromatic carbocycles. The van der Waals surface area contributed by atoms with Gasteiger partial charge in [0.2, 0.25) is 0 Å². The molecule has 0 saturated heterocycles. The number of aromatic nitrogens is 3. The number of para-hydroxylation sites is 1. The van der Waals surface area contributed by atoms with E-state index in [0.717, 1.165) is 24.4 Å². The maximum absolute atomic E-state index is 16.3. The molecule has 1 aliphatic carbocycles. The average Bonchev–Trinajstić information content (AvgIpc) is 4.05. The van der Waals surface area contributed by atoms with E-state index in [1.807, 2.05) is 6.07 Å². The first-order chi connectivity index (χ1) is 38.9. The second-order valence-corrected chi connectivity index (χ2v) is 15.3. The first-order valence-electron chi connectivity index (χ1n) is 29.9. The number of benzene rings is 6. The fourth-order valence-corrected chi connectivity index (χ4v) is 7.71. The summed E-state index contributed by atoms with van der Waals surface area (Å²) < 4.78 is 185. The predicted molar refractivity (Wildman–Crippen MR) is 262 cm³/mol. The molecule has 11 rings (SSSR count). The van der Waals surface area contributed by atoms with Crippen LogP contribution in [0.5, 0.6) is 0 Å². The van der Waals surface area contributed by atoms with Crippen LogP contribution in [0.1, 0.15) is 75.6 Å². The summed E-state index contributed by atoms with van der Waals surface area (Å²) in [7, 11) is 0. The van der Waals surface area contributed by atoms with Crippen LogP contribution < -0.4 is 0 Å². The van der Waals surface area contributed by atoms with Crippen molar-refractivity contribution in [2.75, 3.05) is 0 Å². The number of halogens is 1. The standard InChI is InChI=1S/C60H48FN3O/c61-58-51(47-9-3-1-4-10-47)28-29-53-52-15-8-16-54(59(52)65-60(53)58)57-32-25-42(39-64-57)19-22-45-34-43(20-17-40-23-30-55(62-37-40)48-11-5-2-6-12-48)33-44(35-45)21-18-41-24-31-56(63-38-41)50-27-26-46-13-7-14-49(46)36-50/h1-6,8-12,15-16,23-39H,7,13-14,17-22H2/i7D2,13D2,14D2,17D2,18D2,19D,20D2,21D2,22D2,28D. The normalized spacial score (nSPS) is 20.3. The third kappa shape index (κ3) is 8.62. The van der Waals surface area contributed by atoms with Gasteiger partial charge in [0.15, 0.2) is 11.4 Å². The lowest BCUT2D eigenvalue weighted by Crippen LogP contribution is -2.01. The number of furan rings is 1. The Morgan fingerprint density at radius 3 is 1.74 bits per heavy atom. The molecule has 316 valence electrons. The summed E-state index contributed by atoms with van der Waals surface area (Å²) in [5, 5.41) is 0.871. The van der Waals surface area contributed by atoms with Crippen LogP contribution in [-0.2, 0) is 51.0 Å². The van der Waals surface area contributed by atoms with Crippen LogP contribution in [0.3, 0.4) is 0 Å². The van der Waals surface area contributed by atoms with Crippen LogP contribution in [0, 0.1) is 5.82 Å². The summed E-state index contributed by atoms with van der Waals surface area (Å²) in [4.78, 5) is 13.3. The van der Waals surface area contributed by atoms with Gasteiger partial charge in [0.05, 0.1) is 18.5 Å². The van der Waals surface area contributed by atoms with Crippen LogP contribution in [0.15, 0.2) is 187 Å². The third-order valence-electron chi connectivity index (χ3n) is 11.0. The topological polar surface area (TPSA) is 51.8 Å². The number of nitrogens with zero attached hydrogens (tertiary/aromatic N) is 3. The van der Waals surface area contributed by atoms with Gasteiger partial charge in [-0.1, -0.05) is 127 Å². The molecule has 0 N–H and O–H groups in total. The van der Waals surface area contributed by atoms with Crippen molar-refractivity contribution in [1.29, 1.82) is 0 Å². The molecule has 1 atom stereocenters. The third-order valence-corrected chi connectivity index (χ3v) is 11.0. The second kappa shape index (κ2) is 17.9. The molecule has 1 aliphatic rings. The van der Waals surface area contributed by atoms with Gasteiger partial charge in [-0.15, -0.1) is 0 Å². The van der Waals surface area contributed by atoms with Gasteiger partial charge in [0, 0.05) is 74.9 Å². The van der Waals surface area contributed by atoms with Crippen molar-refractivity contribution in [2.24, 2.45) is 0 Å². The minimum Gasteiger partial charge on any atom is -0.452 e. The van der Waals surface area contributed by atoms with Crippen LogP contribution in [-0.4, -0.2) is 15.0 Å². The van der Waals surface area contributed by atoms with Crippen LogP contribution in [0.25, 0.3) is 66.8 Å². The highest BCUT2D eigenvalue weighted by Crippen LogP contribution is 2.39. The highest BCUT2D eigenvalue weighted by atomic mass is 19.1. The Balaban J connectivity index is 0.960. The van der Waals surface area contributed by atoms with Gasteiger partial charge in [-0.25, -0.2) is 4.39 Å². The molecule has 65 heavy (non-hydrogen) atoms. The molecule has 4 nitrogen and oxygen atoms in total. The Kier molecular flexibility index (Phi) is 6.93. The van der Waals surface area contributed by atoms with E-state index in [2.05, 4.69) is 15.0 Å². The zero-order chi connectivity index (χ0) is 59.6. The molecule has 5 heteroatoms. The zero-order valence-electron chi connectivity index (χ0n) is 52.4. The van der Waals surface area contributed by atoms with Gasteiger partial charge in [-0.2, -0.15) is 0 Å². The van der Waals surface area contributed by atoms with Gasteiger partial charge in [-0.05, 0) is 144 Å². The van der Waals surface area contributed by atoms with Crippen molar-refractivity contribution < 1.29 is 33.5 Å². The number of fused-ring (bicyclic) bond motifs is 4. The van der Waals surface area contributed by atoms with Gasteiger partial charge in [0.25, 0.3) is 0 Å². The van der Waals surface area contributed by atoms with Crippen molar-refractivity contribution in [3.05, 3.63) is 233 Å². The van der Waals surface area contributed by atoms with E-state index in [9.17, 15) is 15.1 Å². The lowest BCUT2D eigenvalue weighted by Gasteiger charge is -2.12. The minimum atomic E-state index is -3.19. The molecule has 0 spiro atoms. The maximum atomic E-state index is 16.3. The Labute approximate surface area is 404 Å². The maximum Gasteiger partial charge on any atom is 0.174 e. The summed E-state index contributed by atoms with van der Waals surface area (Å²) in [5.41, 5.74) is 0.344. The number of pyridine rings is 3. The molecule has 0 aliphatic heterocycles. The largest absolute Gasteiger partial charge is 0.452 e. The van der Waals surface area contributed by atoms with Crippen molar-refractivity contribution >= 4 is 21.9 Å². The van der Waals surface area contributed by atoms with Gasteiger partial charge >= 0.3 is 0 Å². The average molecular weight is 864 g/mol. The molecule has 1 unspecified atom stereocenters.